The van der Waals surface area contributed by atoms with E-state index in [4.69, 9.17) is 23.7 Å². The summed E-state index contributed by atoms with van der Waals surface area (Å²) in [5.41, 5.74) is 0. The summed E-state index contributed by atoms with van der Waals surface area (Å²) in [4.78, 5) is 0. The molecule has 3 nitrogen and oxygen atoms in total. The molecular weight excluding hydrogens is 469 g/mol. The first-order chi connectivity index (χ1) is 2.00. The summed E-state index contributed by atoms with van der Waals surface area (Å²) in [6, 6.07) is 0. The molecular formula is C2H2Hg2N2O. The Morgan fingerprint density at radius 1 is 0.714 bits per heavy atom. The van der Waals surface area contributed by atoms with Gasteiger partial charge in [-0.25, -0.2) is 0 Å². The van der Waals surface area contributed by atoms with E-state index in [1.54, 1.807) is 0 Å². The summed E-state index contributed by atoms with van der Waals surface area (Å²) >= 11 is 0. The van der Waals surface area contributed by atoms with Crippen molar-refractivity contribution >= 4 is 0 Å². The van der Waals surface area contributed by atoms with Gasteiger partial charge in [0.1, 0.15) is 0 Å². The summed E-state index contributed by atoms with van der Waals surface area (Å²) in [6.07, 6.45) is 0. The SMILES string of the molecule is O.[C]#N.[C]#N.[Hg].[Hg]. The van der Waals surface area contributed by atoms with E-state index < -0.39 is 0 Å². The van der Waals surface area contributed by atoms with Crippen molar-refractivity contribution < 1.29 is 60.8 Å². The normalized spacial score (nSPS) is 0.571. The van der Waals surface area contributed by atoms with E-state index >= 15 is 0 Å². The van der Waals surface area contributed by atoms with Gasteiger partial charge in [0.25, 0.3) is 0 Å². The Balaban J connectivity index is -0.00000000267. The maximum absolute atomic E-state index is 6.25. The molecule has 0 heterocycles. The Morgan fingerprint density at radius 2 is 0.714 bits per heavy atom. The quantitative estimate of drug-likeness (QED) is 0.441. The third kappa shape index (κ3) is 240. The van der Waals surface area contributed by atoms with E-state index in [0.29, 0.717) is 0 Å². The Hall–Kier alpha value is 0.810. The van der Waals surface area contributed by atoms with Gasteiger partial charge in [0.05, 0.1) is 0 Å². The van der Waals surface area contributed by atoms with Crippen molar-refractivity contribution in [2.24, 2.45) is 0 Å². The van der Waals surface area contributed by atoms with Crippen molar-refractivity contribution in [2.45, 2.75) is 0 Å². The van der Waals surface area contributed by atoms with Crippen molar-refractivity contribution in [3.05, 3.63) is 13.1 Å². The third-order valence-electron chi connectivity index (χ3n) is 0. The standard InChI is InChI=1S/2CN.2Hg.H2O/c2*1-2;;;/h;;;;1H2. The second kappa shape index (κ2) is 350. The van der Waals surface area contributed by atoms with Gasteiger partial charge in [0.15, 0.2) is 13.1 Å². The summed E-state index contributed by atoms with van der Waals surface area (Å²) in [6.45, 7) is 9.50. The van der Waals surface area contributed by atoms with Gasteiger partial charge in [0.2, 0.25) is 0 Å². The van der Waals surface area contributed by atoms with Crippen LogP contribution < -0.4 is 0 Å². The van der Waals surface area contributed by atoms with Crippen molar-refractivity contribution in [3.63, 3.8) is 0 Å². The molecule has 2 radical (unpaired) electrons. The molecule has 0 aliphatic carbocycles. The summed E-state index contributed by atoms with van der Waals surface area (Å²) < 4.78 is 0. The molecule has 0 saturated carbocycles. The fraction of sp³-hybridized carbons (Fsp3) is 0. The van der Waals surface area contributed by atoms with E-state index in [0.717, 1.165) is 0 Å². The van der Waals surface area contributed by atoms with E-state index in [1.165, 1.54) is 0 Å². The van der Waals surface area contributed by atoms with Crippen molar-refractivity contribution in [1.29, 1.82) is 10.5 Å². The minimum Gasteiger partial charge on any atom is -0.412 e. The topological polar surface area (TPSA) is 79.1 Å². The minimum absolute atomic E-state index is 0. The molecule has 0 aromatic rings. The molecule has 2 N–H and O–H groups in total. The summed E-state index contributed by atoms with van der Waals surface area (Å²) in [7, 11) is 0. The average molecular weight is 471 g/mol. The fourth-order valence-corrected chi connectivity index (χ4v) is 0. The first kappa shape index (κ1) is 45.9. The number of hydrogen-bond donors (Lipinski definition) is 0. The molecule has 0 amide bonds. The molecule has 0 fully saturated rings. The van der Waals surface area contributed by atoms with Crippen LogP contribution in [0.15, 0.2) is 0 Å². The second-order valence-corrected chi connectivity index (χ2v) is 0. The van der Waals surface area contributed by atoms with Crippen LogP contribution in [-0.4, -0.2) is 5.48 Å². The van der Waals surface area contributed by atoms with Crippen LogP contribution in [0.1, 0.15) is 0 Å². The predicted octanol–water partition coefficient (Wildman–Crippen LogP) is -0.637. The van der Waals surface area contributed by atoms with Crippen LogP contribution >= 0.6 is 0 Å². The van der Waals surface area contributed by atoms with Crippen LogP contribution in [0, 0.1) is 23.7 Å². The zero-order valence-electron chi connectivity index (χ0n) is 3.81. The molecule has 0 atom stereocenters. The largest absolute Gasteiger partial charge is 0.412 e. The summed E-state index contributed by atoms with van der Waals surface area (Å²) in [5.74, 6) is 0. The Bertz CT molecular complexity index is 29.2. The molecule has 0 spiro atoms. The molecule has 30 valence electrons. The van der Waals surface area contributed by atoms with Crippen LogP contribution in [0.3, 0.4) is 0 Å². The molecule has 0 aliphatic heterocycles. The molecule has 5 heteroatoms. The fourth-order valence-electron chi connectivity index (χ4n) is 0. The van der Waals surface area contributed by atoms with Gasteiger partial charge >= 0.3 is 0 Å². The van der Waals surface area contributed by atoms with E-state index in [-0.39, 0.29) is 60.8 Å². The first-order valence-corrected chi connectivity index (χ1v) is 0.447. The van der Waals surface area contributed by atoms with Gasteiger partial charge < -0.3 is 5.48 Å². The van der Waals surface area contributed by atoms with Crippen LogP contribution in [0.5, 0.6) is 0 Å². The maximum Gasteiger partial charge on any atom is 0.181 e. The van der Waals surface area contributed by atoms with Gasteiger partial charge in [-0.3, -0.25) is 0 Å². The van der Waals surface area contributed by atoms with Crippen molar-refractivity contribution in [3.8, 4) is 0 Å². The van der Waals surface area contributed by atoms with Gasteiger partial charge in [-0.2, -0.15) is 10.5 Å². The monoisotopic (exact) mass is 474 g/mol. The minimum atomic E-state index is 0. The summed E-state index contributed by atoms with van der Waals surface area (Å²) in [5, 5.41) is 12.5. The maximum atomic E-state index is 6.25. The van der Waals surface area contributed by atoms with Crippen LogP contribution in [0.25, 0.3) is 0 Å². The molecule has 0 aliphatic rings. The molecule has 0 aromatic carbocycles. The third-order valence-corrected chi connectivity index (χ3v) is 0. The number of nitrogens with zero attached hydrogens (tertiary/aromatic N) is 2. The van der Waals surface area contributed by atoms with Gasteiger partial charge in [0, 0.05) is 55.3 Å². The van der Waals surface area contributed by atoms with E-state index in [1.807, 2.05) is 0 Å². The van der Waals surface area contributed by atoms with E-state index in [2.05, 4.69) is 0 Å². The van der Waals surface area contributed by atoms with Crippen LogP contribution in [0.4, 0.5) is 0 Å². The molecule has 7 heavy (non-hydrogen) atoms. The van der Waals surface area contributed by atoms with Gasteiger partial charge in [-0.05, 0) is 0 Å². The molecule has 0 saturated heterocycles. The second-order valence-electron chi connectivity index (χ2n) is 0. The zero-order chi connectivity index (χ0) is 4.00. The van der Waals surface area contributed by atoms with Gasteiger partial charge in [-0.1, -0.05) is 0 Å². The van der Waals surface area contributed by atoms with Crippen molar-refractivity contribution in [2.75, 3.05) is 0 Å². The van der Waals surface area contributed by atoms with Crippen LogP contribution in [-0.2, 0) is 55.3 Å². The zero-order valence-corrected chi connectivity index (χ0v) is 14.8. The average Bonchev–Trinajstić information content (AvgIpc) is 1.50. The molecule has 0 aromatic heterocycles. The predicted molar refractivity (Wildman–Crippen MR) is 13.5 cm³/mol. The van der Waals surface area contributed by atoms with Gasteiger partial charge in [-0.15, -0.1) is 0 Å². The Morgan fingerprint density at radius 3 is 0.714 bits per heavy atom. The number of hydrogen-bond acceptors (Lipinski definition) is 2. The van der Waals surface area contributed by atoms with E-state index in [9.17, 15) is 0 Å². The van der Waals surface area contributed by atoms with Crippen molar-refractivity contribution in [1.82, 2.24) is 0 Å². The first-order valence-electron chi connectivity index (χ1n) is 0.447. The Labute approximate surface area is 83.6 Å². The molecule has 0 rings (SSSR count). The Kier molecular flexibility index (Phi) is 2300. The molecule has 0 unspecified atom stereocenters. The molecule has 0 bridgehead atoms. The smallest absolute Gasteiger partial charge is 0.181 e. The van der Waals surface area contributed by atoms with Crippen LogP contribution in [0.2, 0.25) is 0 Å². The number of rotatable bonds is 0.